The molecule has 2 aromatic heterocycles. The first-order valence-corrected chi connectivity index (χ1v) is 12.0. The van der Waals surface area contributed by atoms with Crippen LogP contribution in [0.1, 0.15) is 41.2 Å². The van der Waals surface area contributed by atoms with Crippen LogP contribution in [-0.2, 0) is 0 Å². The Morgan fingerprint density at radius 1 is 1.29 bits per heavy atom. The zero-order valence-corrected chi connectivity index (χ0v) is 19.8. The topological polar surface area (TPSA) is 67.7 Å². The maximum atomic E-state index is 13.8. The number of aliphatic imine (C=N–C) groups is 1. The molecule has 2 aromatic rings. The van der Waals surface area contributed by atoms with Crippen molar-refractivity contribution in [1.82, 2.24) is 14.9 Å². The molecule has 3 aliphatic rings. The van der Waals surface area contributed by atoms with Crippen LogP contribution in [0.5, 0.6) is 5.88 Å². The molecule has 2 aliphatic carbocycles. The minimum absolute atomic E-state index is 0.125. The number of hydrogen-bond donors (Lipinski definition) is 0. The Hall–Kier alpha value is -3.20. The minimum Gasteiger partial charge on any atom is -0.481 e. The molecule has 0 bridgehead atoms. The summed E-state index contributed by atoms with van der Waals surface area (Å²) in [6.45, 7) is 2.98. The third kappa shape index (κ3) is 4.57. The number of fused-ring (bicyclic) bond motifs is 1. The average molecular weight is 483 g/mol. The van der Waals surface area contributed by atoms with Crippen LogP contribution < -0.4 is 4.74 Å². The molecule has 6 nitrogen and oxygen atoms in total. The van der Waals surface area contributed by atoms with Gasteiger partial charge in [0.15, 0.2) is 5.83 Å². The van der Waals surface area contributed by atoms with E-state index in [0.717, 1.165) is 33.9 Å². The Morgan fingerprint density at radius 3 is 2.82 bits per heavy atom. The fraction of sp³-hybridized carbons (Fsp3) is 0.360. The highest BCUT2D eigenvalue weighted by Gasteiger charge is 2.31. The van der Waals surface area contributed by atoms with Crippen LogP contribution >= 0.6 is 11.3 Å². The van der Waals surface area contributed by atoms with Gasteiger partial charge in [0.2, 0.25) is 5.88 Å². The van der Waals surface area contributed by atoms with Crippen molar-refractivity contribution in [3.63, 3.8) is 0 Å². The lowest BCUT2D eigenvalue weighted by Crippen LogP contribution is -2.34. The summed E-state index contributed by atoms with van der Waals surface area (Å²) in [5.41, 5.74) is 3.22. The molecule has 1 fully saturated rings. The van der Waals surface area contributed by atoms with E-state index in [9.17, 15) is 13.6 Å². The Labute approximate surface area is 200 Å². The number of pyridine rings is 1. The highest BCUT2D eigenvalue weighted by Crippen LogP contribution is 2.36. The average Bonchev–Trinajstić information content (AvgIpc) is 3.46. The van der Waals surface area contributed by atoms with Crippen molar-refractivity contribution < 1.29 is 18.3 Å². The second-order valence-corrected chi connectivity index (χ2v) is 9.87. The Morgan fingerprint density at radius 2 is 2.12 bits per heavy atom. The summed E-state index contributed by atoms with van der Waals surface area (Å²) in [5, 5.41) is 0.800. The fourth-order valence-electron chi connectivity index (χ4n) is 4.13. The van der Waals surface area contributed by atoms with E-state index in [1.807, 2.05) is 17.9 Å². The van der Waals surface area contributed by atoms with E-state index in [1.165, 1.54) is 17.4 Å². The smallest absolute Gasteiger partial charge is 0.274 e. The first-order chi connectivity index (χ1) is 16.4. The standard InChI is InChI=1S/C25H24F2N4O2S/c1-14-30-23(24(34-14)17-5-6-22(33-2)29-12-17)25(32)31(13-15-3-4-15)8-7-16-11-28-21-10-20(27)19(26)9-18(16)21/h5-6,9,11-12,15H,3-4,7-8,10,13H2,1-2H3. The van der Waals surface area contributed by atoms with E-state index in [1.54, 1.807) is 25.6 Å². The predicted octanol–water partition coefficient (Wildman–Crippen LogP) is 5.58. The number of carbonyl (C=O) groups excluding carboxylic acids is 1. The molecule has 3 heterocycles. The van der Waals surface area contributed by atoms with Gasteiger partial charge in [-0.05, 0) is 49.8 Å². The lowest BCUT2D eigenvalue weighted by Gasteiger charge is -2.23. The Bertz CT molecular complexity index is 1260. The summed E-state index contributed by atoms with van der Waals surface area (Å²) >= 11 is 1.46. The number of allylic oxidation sites excluding steroid dienone is 4. The summed E-state index contributed by atoms with van der Waals surface area (Å²) in [6.07, 6.45) is 7.15. The van der Waals surface area contributed by atoms with Gasteiger partial charge in [-0.1, -0.05) is 0 Å². The van der Waals surface area contributed by atoms with Crippen LogP contribution in [0.4, 0.5) is 8.78 Å². The SMILES string of the molecule is COc1ccc(-c2sc(C)nc2C(=O)N(CCC2=CN=C3CC(F)=C(F)C=C23)CC2CC2)cn1. The van der Waals surface area contributed by atoms with Crippen molar-refractivity contribution in [2.24, 2.45) is 10.9 Å². The lowest BCUT2D eigenvalue weighted by molar-refractivity contribution is 0.0745. The van der Waals surface area contributed by atoms with Gasteiger partial charge in [-0.2, -0.15) is 0 Å². The highest BCUT2D eigenvalue weighted by atomic mass is 32.1. The van der Waals surface area contributed by atoms with Gasteiger partial charge in [0.1, 0.15) is 11.5 Å². The summed E-state index contributed by atoms with van der Waals surface area (Å²) in [5.74, 6) is -0.771. The Kier molecular flexibility index (Phi) is 6.12. The normalized spacial score (nSPS) is 17.2. The maximum absolute atomic E-state index is 13.8. The minimum atomic E-state index is -0.844. The molecular formula is C25H24F2N4O2S. The van der Waals surface area contributed by atoms with Gasteiger partial charge in [-0.15, -0.1) is 11.3 Å². The summed E-state index contributed by atoms with van der Waals surface area (Å²) in [4.78, 5) is 29.4. The molecule has 0 unspecified atom stereocenters. The van der Waals surface area contributed by atoms with Gasteiger partial charge in [0.05, 0.1) is 22.7 Å². The largest absolute Gasteiger partial charge is 0.481 e. The zero-order chi connectivity index (χ0) is 23.8. The Balaban J connectivity index is 1.36. The van der Waals surface area contributed by atoms with Crippen molar-refractivity contribution in [3.05, 3.63) is 64.1 Å². The van der Waals surface area contributed by atoms with E-state index in [2.05, 4.69) is 15.0 Å². The molecule has 0 spiro atoms. The molecule has 34 heavy (non-hydrogen) atoms. The molecule has 176 valence electrons. The van der Waals surface area contributed by atoms with E-state index < -0.39 is 11.7 Å². The van der Waals surface area contributed by atoms with Crippen LogP contribution in [-0.4, -0.2) is 46.7 Å². The first kappa shape index (κ1) is 22.6. The van der Waals surface area contributed by atoms with E-state index in [-0.39, 0.29) is 12.3 Å². The number of aryl methyl sites for hydroxylation is 1. The van der Waals surface area contributed by atoms with E-state index >= 15 is 0 Å². The first-order valence-electron chi connectivity index (χ1n) is 11.2. The molecular weight excluding hydrogens is 458 g/mol. The number of aromatic nitrogens is 2. The van der Waals surface area contributed by atoms with Crippen molar-refractivity contribution in [1.29, 1.82) is 0 Å². The molecule has 1 saturated carbocycles. The number of methoxy groups -OCH3 is 1. The van der Waals surface area contributed by atoms with E-state index in [4.69, 9.17) is 4.74 Å². The number of rotatable bonds is 8. The molecule has 9 heteroatoms. The maximum Gasteiger partial charge on any atom is 0.274 e. The van der Waals surface area contributed by atoms with Gasteiger partial charge in [-0.25, -0.2) is 18.7 Å². The van der Waals surface area contributed by atoms with Crippen LogP contribution in [0.25, 0.3) is 10.4 Å². The van der Waals surface area contributed by atoms with Crippen molar-refractivity contribution in [2.75, 3.05) is 20.2 Å². The van der Waals surface area contributed by atoms with Gasteiger partial charge < -0.3 is 9.64 Å². The molecule has 0 atom stereocenters. The van der Waals surface area contributed by atoms with Crippen molar-refractivity contribution >= 4 is 23.0 Å². The molecule has 0 aromatic carbocycles. The summed E-state index contributed by atoms with van der Waals surface area (Å²) in [7, 11) is 1.56. The number of nitrogens with zero attached hydrogens (tertiary/aromatic N) is 4. The van der Waals surface area contributed by atoms with Gasteiger partial charge in [0, 0.05) is 49.1 Å². The van der Waals surface area contributed by atoms with E-state index in [0.29, 0.717) is 48.3 Å². The van der Waals surface area contributed by atoms with Gasteiger partial charge in [-0.3, -0.25) is 9.79 Å². The molecule has 0 radical (unpaired) electrons. The quantitative estimate of drug-likeness (QED) is 0.492. The summed E-state index contributed by atoms with van der Waals surface area (Å²) < 4.78 is 32.6. The molecule has 0 N–H and O–H groups in total. The second kappa shape index (κ2) is 9.21. The lowest BCUT2D eigenvalue weighted by atomic mass is 9.94. The summed E-state index contributed by atoms with van der Waals surface area (Å²) in [6, 6.07) is 3.64. The predicted molar refractivity (Wildman–Crippen MR) is 127 cm³/mol. The van der Waals surface area contributed by atoms with Crippen molar-refractivity contribution in [2.45, 2.75) is 32.6 Å². The molecule has 5 rings (SSSR count). The zero-order valence-electron chi connectivity index (χ0n) is 19.0. The van der Waals surface area contributed by atoms with Crippen LogP contribution in [0.3, 0.4) is 0 Å². The molecule has 1 amide bonds. The second-order valence-electron chi connectivity index (χ2n) is 8.66. The van der Waals surface area contributed by atoms with Crippen LogP contribution in [0.2, 0.25) is 0 Å². The highest BCUT2D eigenvalue weighted by molar-refractivity contribution is 7.15. The number of carbonyl (C=O) groups is 1. The fourth-order valence-corrected chi connectivity index (χ4v) is 5.03. The third-order valence-corrected chi connectivity index (χ3v) is 7.16. The number of ether oxygens (including phenoxy) is 1. The van der Waals surface area contributed by atoms with Crippen LogP contribution in [0, 0.1) is 12.8 Å². The number of halogens is 2. The number of hydrogen-bond acceptors (Lipinski definition) is 6. The number of thiazole rings is 1. The number of amides is 1. The van der Waals surface area contributed by atoms with Crippen LogP contribution in [0.15, 0.2) is 58.4 Å². The monoisotopic (exact) mass is 482 g/mol. The van der Waals surface area contributed by atoms with Crippen molar-refractivity contribution in [3.8, 4) is 16.3 Å². The molecule has 1 aliphatic heterocycles. The third-order valence-electron chi connectivity index (χ3n) is 6.14. The van der Waals surface area contributed by atoms with Gasteiger partial charge >= 0.3 is 0 Å². The van der Waals surface area contributed by atoms with Gasteiger partial charge in [0.25, 0.3) is 5.91 Å². The molecule has 0 saturated heterocycles.